The molecule has 1 N–H and O–H groups in total. The summed E-state index contributed by atoms with van der Waals surface area (Å²) in [4.78, 5) is 0.952. The molecule has 0 aromatic heterocycles. The Morgan fingerprint density at radius 2 is 2.00 bits per heavy atom. The van der Waals surface area contributed by atoms with Crippen LogP contribution >= 0.6 is 12.6 Å². The Kier molecular flexibility index (Phi) is 3.05. The lowest BCUT2D eigenvalue weighted by atomic mass is 10.2. The zero-order valence-electron chi connectivity index (χ0n) is 6.41. The van der Waals surface area contributed by atoms with E-state index in [9.17, 15) is 0 Å². The first-order valence-electron chi connectivity index (χ1n) is 3.46. The van der Waals surface area contributed by atoms with Crippen molar-refractivity contribution >= 4 is 17.5 Å². The van der Waals surface area contributed by atoms with Gasteiger partial charge in [-0.2, -0.15) is 0 Å². The molecule has 0 amide bonds. The van der Waals surface area contributed by atoms with E-state index in [0.29, 0.717) is 0 Å². The largest absolute Gasteiger partial charge is 0.393 e. The predicted octanol–water partition coefficient (Wildman–Crippen LogP) is 2.13. The molecule has 11 heavy (non-hydrogen) atoms. The Hall–Kier alpha value is -0.890. The minimum absolute atomic E-state index is 0.952. The standard InChI is InChI=1S/C9H11NS/c1-10-7-9(11)8-5-3-2-4-6-8/h2-7,10-11H,1H3/b9-7-. The molecule has 0 aliphatic rings. The number of nitrogens with one attached hydrogen (secondary N) is 1. The van der Waals surface area contributed by atoms with Gasteiger partial charge < -0.3 is 5.32 Å². The van der Waals surface area contributed by atoms with Gasteiger partial charge >= 0.3 is 0 Å². The second-order valence-corrected chi connectivity index (χ2v) is 2.67. The lowest BCUT2D eigenvalue weighted by molar-refractivity contribution is 1.11. The summed E-state index contributed by atoms with van der Waals surface area (Å²) in [5.41, 5.74) is 1.13. The van der Waals surface area contributed by atoms with Crippen molar-refractivity contribution in [3.63, 3.8) is 0 Å². The fraction of sp³-hybridized carbons (Fsp3) is 0.111. The van der Waals surface area contributed by atoms with Gasteiger partial charge in [0.1, 0.15) is 0 Å². The van der Waals surface area contributed by atoms with Gasteiger partial charge in [0, 0.05) is 18.2 Å². The average Bonchev–Trinajstić information content (AvgIpc) is 2.07. The first kappa shape index (κ1) is 8.21. The fourth-order valence-corrected chi connectivity index (χ4v) is 1.11. The number of hydrogen-bond donors (Lipinski definition) is 2. The molecule has 0 radical (unpaired) electrons. The van der Waals surface area contributed by atoms with E-state index in [0.717, 1.165) is 10.5 Å². The van der Waals surface area contributed by atoms with E-state index < -0.39 is 0 Å². The predicted molar refractivity (Wildman–Crippen MR) is 52.5 cm³/mol. The van der Waals surface area contributed by atoms with Crippen LogP contribution in [0.1, 0.15) is 5.56 Å². The van der Waals surface area contributed by atoms with Crippen molar-refractivity contribution in [3.8, 4) is 0 Å². The summed E-state index contributed by atoms with van der Waals surface area (Å²) >= 11 is 4.30. The molecule has 1 aromatic rings. The minimum atomic E-state index is 0.952. The van der Waals surface area contributed by atoms with Gasteiger partial charge in [0.25, 0.3) is 0 Å². The van der Waals surface area contributed by atoms with Crippen molar-refractivity contribution in [2.75, 3.05) is 7.05 Å². The number of hydrogen-bond acceptors (Lipinski definition) is 2. The van der Waals surface area contributed by atoms with Crippen LogP contribution in [0.15, 0.2) is 36.5 Å². The Labute approximate surface area is 72.5 Å². The molecule has 0 atom stereocenters. The molecular weight excluding hydrogens is 154 g/mol. The van der Waals surface area contributed by atoms with Crippen LogP contribution in [-0.4, -0.2) is 7.05 Å². The summed E-state index contributed by atoms with van der Waals surface area (Å²) in [5, 5.41) is 2.93. The highest BCUT2D eigenvalue weighted by Gasteiger charge is 1.91. The second kappa shape index (κ2) is 4.09. The Balaban J connectivity index is 2.85. The summed E-state index contributed by atoms with van der Waals surface area (Å²) in [6.45, 7) is 0. The van der Waals surface area contributed by atoms with Gasteiger partial charge in [0.05, 0.1) is 0 Å². The number of rotatable bonds is 2. The van der Waals surface area contributed by atoms with E-state index in [1.807, 2.05) is 43.6 Å². The van der Waals surface area contributed by atoms with Crippen molar-refractivity contribution in [3.05, 3.63) is 42.1 Å². The second-order valence-electron chi connectivity index (χ2n) is 2.18. The topological polar surface area (TPSA) is 12.0 Å². The maximum absolute atomic E-state index is 4.30. The van der Waals surface area contributed by atoms with E-state index >= 15 is 0 Å². The van der Waals surface area contributed by atoms with E-state index in [-0.39, 0.29) is 0 Å². The van der Waals surface area contributed by atoms with Crippen molar-refractivity contribution in [1.29, 1.82) is 0 Å². The molecule has 58 valence electrons. The SMILES string of the molecule is CN/C=C(\S)c1ccccc1. The lowest BCUT2D eigenvalue weighted by Gasteiger charge is -1.98. The zero-order chi connectivity index (χ0) is 8.10. The molecule has 0 spiro atoms. The van der Waals surface area contributed by atoms with Crippen LogP contribution in [0.3, 0.4) is 0 Å². The third-order valence-corrected chi connectivity index (χ3v) is 1.74. The van der Waals surface area contributed by atoms with Crippen LogP contribution in [0.2, 0.25) is 0 Å². The zero-order valence-corrected chi connectivity index (χ0v) is 7.31. The molecule has 0 unspecified atom stereocenters. The van der Waals surface area contributed by atoms with Crippen LogP contribution in [0, 0.1) is 0 Å². The summed E-state index contributed by atoms with van der Waals surface area (Å²) in [6.07, 6.45) is 1.86. The van der Waals surface area contributed by atoms with Crippen LogP contribution < -0.4 is 5.32 Å². The Morgan fingerprint density at radius 1 is 1.36 bits per heavy atom. The summed E-state index contributed by atoms with van der Waals surface area (Å²) in [5.74, 6) is 0. The van der Waals surface area contributed by atoms with Crippen molar-refractivity contribution in [2.45, 2.75) is 0 Å². The molecule has 0 aliphatic carbocycles. The van der Waals surface area contributed by atoms with E-state index in [2.05, 4.69) is 17.9 Å². The van der Waals surface area contributed by atoms with Gasteiger partial charge in [-0.05, 0) is 5.56 Å². The fourth-order valence-electron chi connectivity index (χ4n) is 0.829. The van der Waals surface area contributed by atoms with Gasteiger partial charge in [-0.15, -0.1) is 12.6 Å². The van der Waals surface area contributed by atoms with Crippen LogP contribution in [0.25, 0.3) is 4.91 Å². The molecule has 0 bridgehead atoms. The number of thiol groups is 1. The highest BCUT2D eigenvalue weighted by molar-refractivity contribution is 7.90. The molecular formula is C9H11NS. The van der Waals surface area contributed by atoms with Crippen molar-refractivity contribution in [1.82, 2.24) is 5.32 Å². The third-order valence-electron chi connectivity index (χ3n) is 1.35. The summed E-state index contributed by atoms with van der Waals surface area (Å²) < 4.78 is 0. The van der Waals surface area contributed by atoms with Gasteiger partial charge in [-0.25, -0.2) is 0 Å². The molecule has 1 nitrogen and oxygen atoms in total. The molecule has 2 heteroatoms. The molecule has 0 fully saturated rings. The lowest BCUT2D eigenvalue weighted by Crippen LogP contribution is -1.92. The highest BCUT2D eigenvalue weighted by atomic mass is 32.1. The summed E-state index contributed by atoms with van der Waals surface area (Å²) in [6, 6.07) is 10.0. The van der Waals surface area contributed by atoms with Gasteiger partial charge in [-0.3, -0.25) is 0 Å². The van der Waals surface area contributed by atoms with E-state index in [1.54, 1.807) is 0 Å². The molecule has 0 saturated heterocycles. The molecule has 0 saturated carbocycles. The highest BCUT2D eigenvalue weighted by Crippen LogP contribution is 2.15. The van der Waals surface area contributed by atoms with E-state index in [4.69, 9.17) is 0 Å². The normalized spacial score (nSPS) is 11.3. The molecule has 0 aliphatic heterocycles. The molecule has 1 rings (SSSR count). The monoisotopic (exact) mass is 165 g/mol. The third kappa shape index (κ3) is 2.31. The maximum atomic E-state index is 4.30. The first-order valence-corrected chi connectivity index (χ1v) is 3.91. The quantitative estimate of drug-likeness (QED) is 0.640. The van der Waals surface area contributed by atoms with Crippen molar-refractivity contribution in [2.24, 2.45) is 0 Å². The van der Waals surface area contributed by atoms with Gasteiger partial charge in [0.2, 0.25) is 0 Å². The minimum Gasteiger partial charge on any atom is -0.393 e. The van der Waals surface area contributed by atoms with Crippen LogP contribution in [-0.2, 0) is 0 Å². The maximum Gasteiger partial charge on any atom is 0.0270 e. The van der Waals surface area contributed by atoms with Crippen LogP contribution in [0.4, 0.5) is 0 Å². The average molecular weight is 165 g/mol. The molecule has 1 aromatic carbocycles. The van der Waals surface area contributed by atoms with Crippen molar-refractivity contribution < 1.29 is 0 Å². The van der Waals surface area contributed by atoms with Gasteiger partial charge in [-0.1, -0.05) is 30.3 Å². The first-order chi connectivity index (χ1) is 5.34. The molecule has 0 heterocycles. The van der Waals surface area contributed by atoms with Crippen LogP contribution in [0.5, 0.6) is 0 Å². The Bertz CT molecular complexity index is 241. The smallest absolute Gasteiger partial charge is 0.0270 e. The van der Waals surface area contributed by atoms with Gasteiger partial charge in [0.15, 0.2) is 0 Å². The number of benzene rings is 1. The van der Waals surface area contributed by atoms with E-state index in [1.165, 1.54) is 0 Å². The Morgan fingerprint density at radius 3 is 2.55 bits per heavy atom. The summed E-state index contributed by atoms with van der Waals surface area (Å²) in [7, 11) is 1.86.